The summed E-state index contributed by atoms with van der Waals surface area (Å²) in [6.45, 7) is 4.83. The van der Waals surface area contributed by atoms with Gasteiger partial charge in [0.25, 0.3) is 0 Å². The molecule has 1 atom stereocenters. The molecule has 3 heteroatoms. The van der Waals surface area contributed by atoms with Gasteiger partial charge in [-0.05, 0) is 29.7 Å². The molecule has 100 valence electrons. The van der Waals surface area contributed by atoms with Crippen LogP contribution in [0.1, 0.15) is 37.0 Å². The number of hydrogen-bond acceptors (Lipinski definition) is 3. The molecule has 2 rings (SSSR count). The summed E-state index contributed by atoms with van der Waals surface area (Å²) in [5.41, 5.74) is 3.17. The molecule has 0 saturated heterocycles. The number of aliphatic hydroxyl groups is 1. The minimum absolute atomic E-state index is 0.479. The Hall–Kier alpha value is -1.87. The van der Waals surface area contributed by atoms with Gasteiger partial charge in [0, 0.05) is 30.2 Å². The Morgan fingerprint density at radius 2 is 1.84 bits per heavy atom. The molecular formula is C16H20N2O. The SMILES string of the molecule is CC(C)c1ccc(NCC(O)c2cccnc2)cc1. The molecule has 1 aromatic heterocycles. The molecule has 0 amide bonds. The second kappa shape index (κ2) is 6.34. The lowest BCUT2D eigenvalue weighted by molar-refractivity contribution is 0.191. The van der Waals surface area contributed by atoms with Crippen LogP contribution in [0.25, 0.3) is 0 Å². The van der Waals surface area contributed by atoms with Crippen molar-refractivity contribution in [2.24, 2.45) is 0 Å². The molecule has 0 saturated carbocycles. The Morgan fingerprint density at radius 3 is 2.42 bits per heavy atom. The highest BCUT2D eigenvalue weighted by atomic mass is 16.3. The molecule has 1 unspecified atom stereocenters. The summed E-state index contributed by atoms with van der Waals surface area (Å²) in [6.07, 6.45) is 2.85. The van der Waals surface area contributed by atoms with Crippen molar-refractivity contribution >= 4 is 5.69 Å². The smallest absolute Gasteiger partial charge is 0.0977 e. The lowest BCUT2D eigenvalue weighted by Crippen LogP contribution is -2.12. The zero-order valence-corrected chi connectivity index (χ0v) is 11.4. The molecule has 0 spiro atoms. The van der Waals surface area contributed by atoms with E-state index in [1.807, 2.05) is 24.3 Å². The third-order valence-electron chi connectivity index (χ3n) is 3.15. The number of nitrogens with one attached hydrogen (secondary N) is 1. The number of pyridine rings is 1. The maximum absolute atomic E-state index is 10.0. The quantitative estimate of drug-likeness (QED) is 0.862. The average molecular weight is 256 g/mol. The molecule has 0 aliphatic heterocycles. The minimum atomic E-state index is -0.543. The Kier molecular flexibility index (Phi) is 4.53. The molecule has 1 heterocycles. The Labute approximate surface area is 114 Å². The van der Waals surface area contributed by atoms with E-state index in [-0.39, 0.29) is 0 Å². The zero-order chi connectivity index (χ0) is 13.7. The maximum atomic E-state index is 10.0. The van der Waals surface area contributed by atoms with Gasteiger partial charge in [0.2, 0.25) is 0 Å². The van der Waals surface area contributed by atoms with Crippen LogP contribution in [0.15, 0.2) is 48.8 Å². The maximum Gasteiger partial charge on any atom is 0.0977 e. The van der Waals surface area contributed by atoms with Gasteiger partial charge in [0.1, 0.15) is 0 Å². The molecule has 0 fully saturated rings. The monoisotopic (exact) mass is 256 g/mol. The Bertz CT molecular complexity index is 494. The number of benzene rings is 1. The predicted molar refractivity (Wildman–Crippen MR) is 78.2 cm³/mol. The fraction of sp³-hybridized carbons (Fsp3) is 0.312. The largest absolute Gasteiger partial charge is 0.387 e. The van der Waals surface area contributed by atoms with Crippen molar-refractivity contribution in [3.63, 3.8) is 0 Å². The van der Waals surface area contributed by atoms with Crippen molar-refractivity contribution in [1.82, 2.24) is 4.98 Å². The number of hydrogen-bond donors (Lipinski definition) is 2. The third-order valence-corrected chi connectivity index (χ3v) is 3.15. The summed E-state index contributed by atoms with van der Waals surface area (Å²) in [6, 6.07) is 12.0. The standard InChI is InChI=1S/C16H20N2O/c1-12(2)13-5-7-15(8-6-13)18-11-16(19)14-4-3-9-17-10-14/h3-10,12,16,18-19H,11H2,1-2H3. The summed E-state index contributed by atoms with van der Waals surface area (Å²) in [4.78, 5) is 4.00. The number of nitrogens with zero attached hydrogens (tertiary/aromatic N) is 1. The summed E-state index contributed by atoms with van der Waals surface area (Å²) >= 11 is 0. The van der Waals surface area contributed by atoms with E-state index in [0.29, 0.717) is 12.5 Å². The number of anilines is 1. The summed E-state index contributed by atoms with van der Waals surface area (Å²) < 4.78 is 0. The van der Waals surface area contributed by atoms with Gasteiger partial charge in [0.15, 0.2) is 0 Å². The Balaban J connectivity index is 1.92. The Morgan fingerprint density at radius 1 is 1.11 bits per heavy atom. The topological polar surface area (TPSA) is 45.1 Å². The molecule has 1 aromatic carbocycles. The number of aliphatic hydroxyl groups excluding tert-OH is 1. The van der Waals surface area contributed by atoms with Crippen LogP contribution >= 0.6 is 0 Å². The van der Waals surface area contributed by atoms with E-state index in [1.165, 1.54) is 5.56 Å². The van der Waals surface area contributed by atoms with Crippen molar-refractivity contribution in [3.05, 3.63) is 59.9 Å². The number of aromatic nitrogens is 1. The van der Waals surface area contributed by atoms with Gasteiger partial charge in [-0.3, -0.25) is 4.98 Å². The molecular weight excluding hydrogens is 236 g/mol. The first-order valence-electron chi connectivity index (χ1n) is 6.58. The normalized spacial score (nSPS) is 12.4. The van der Waals surface area contributed by atoms with Crippen LogP contribution in [-0.4, -0.2) is 16.6 Å². The molecule has 0 aliphatic rings. The van der Waals surface area contributed by atoms with E-state index >= 15 is 0 Å². The molecule has 0 radical (unpaired) electrons. The van der Waals surface area contributed by atoms with Crippen molar-refractivity contribution in [2.45, 2.75) is 25.9 Å². The van der Waals surface area contributed by atoms with Crippen LogP contribution in [0.3, 0.4) is 0 Å². The molecule has 2 aromatic rings. The molecule has 2 N–H and O–H groups in total. The summed E-state index contributed by atoms with van der Waals surface area (Å²) in [7, 11) is 0. The zero-order valence-electron chi connectivity index (χ0n) is 11.4. The van der Waals surface area contributed by atoms with Crippen LogP contribution in [-0.2, 0) is 0 Å². The summed E-state index contributed by atoms with van der Waals surface area (Å²) in [5, 5.41) is 13.3. The molecule has 3 nitrogen and oxygen atoms in total. The van der Waals surface area contributed by atoms with Gasteiger partial charge in [0.05, 0.1) is 6.10 Å². The van der Waals surface area contributed by atoms with E-state index in [0.717, 1.165) is 11.3 Å². The van der Waals surface area contributed by atoms with E-state index in [9.17, 15) is 5.11 Å². The second-order valence-electron chi connectivity index (χ2n) is 4.96. The van der Waals surface area contributed by atoms with Gasteiger partial charge in [-0.1, -0.05) is 32.0 Å². The minimum Gasteiger partial charge on any atom is -0.387 e. The van der Waals surface area contributed by atoms with Crippen molar-refractivity contribution in [3.8, 4) is 0 Å². The first-order valence-corrected chi connectivity index (χ1v) is 6.58. The van der Waals surface area contributed by atoms with Gasteiger partial charge in [-0.15, -0.1) is 0 Å². The third kappa shape index (κ3) is 3.80. The van der Waals surface area contributed by atoms with E-state index in [2.05, 4.69) is 36.3 Å². The summed E-state index contributed by atoms with van der Waals surface area (Å²) in [5.74, 6) is 0.537. The van der Waals surface area contributed by atoms with E-state index < -0.39 is 6.10 Å². The first-order chi connectivity index (χ1) is 9.16. The highest BCUT2D eigenvalue weighted by Crippen LogP contribution is 2.18. The van der Waals surface area contributed by atoms with Gasteiger partial charge in [-0.25, -0.2) is 0 Å². The lowest BCUT2D eigenvalue weighted by Gasteiger charge is -2.13. The first kappa shape index (κ1) is 13.6. The van der Waals surface area contributed by atoms with Crippen LogP contribution in [0.2, 0.25) is 0 Å². The van der Waals surface area contributed by atoms with Gasteiger partial charge >= 0.3 is 0 Å². The number of rotatable bonds is 5. The van der Waals surface area contributed by atoms with Crippen molar-refractivity contribution in [1.29, 1.82) is 0 Å². The second-order valence-corrected chi connectivity index (χ2v) is 4.96. The average Bonchev–Trinajstić information content (AvgIpc) is 2.46. The lowest BCUT2D eigenvalue weighted by atomic mass is 10.0. The van der Waals surface area contributed by atoms with Crippen molar-refractivity contribution in [2.75, 3.05) is 11.9 Å². The highest BCUT2D eigenvalue weighted by Gasteiger charge is 2.07. The molecule has 0 aliphatic carbocycles. The van der Waals surface area contributed by atoms with Gasteiger partial charge in [-0.2, -0.15) is 0 Å². The van der Waals surface area contributed by atoms with E-state index in [4.69, 9.17) is 0 Å². The van der Waals surface area contributed by atoms with Crippen LogP contribution in [0.5, 0.6) is 0 Å². The van der Waals surface area contributed by atoms with Gasteiger partial charge < -0.3 is 10.4 Å². The fourth-order valence-corrected chi connectivity index (χ4v) is 1.89. The van der Waals surface area contributed by atoms with Crippen molar-refractivity contribution < 1.29 is 5.11 Å². The molecule has 19 heavy (non-hydrogen) atoms. The van der Waals surface area contributed by atoms with Crippen LogP contribution in [0, 0.1) is 0 Å². The predicted octanol–water partition coefficient (Wildman–Crippen LogP) is 3.35. The fourth-order valence-electron chi connectivity index (χ4n) is 1.89. The van der Waals surface area contributed by atoms with Crippen LogP contribution < -0.4 is 5.32 Å². The van der Waals surface area contributed by atoms with Crippen LogP contribution in [0.4, 0.5) is 5.69 Å². The molecule has 0 bridgehead atoms. The van der Waals surface area contributed by atoms with E-state index in [1.54, 1.807) is 12.4 Å². The highest BCUT2D eigenvalue weighted by molar-refractivity contribution is 5.45.